The highest BCUT2D eigenvalue weighted by molar-refractivity contribution is 5.94. The highest BCUT2D eigenvalue weighted by Crippen LogP contribution is 2.25. The Balaban J connectivity index is 1.45. The van der Waals surface area contributed by atoms with Gasteiger partial charge < -0.3 is 14.6 Å². The van der Waals surface area contributed by atoms with Gasteiger partial charge in [0.05, 0.1) is 0 Å². The van der Waals surface area contributed by atoms with Gasteiger partial charge in [0.15, 0.2) is 0 Å². The maximum Gasteiger partial charge on any atom is 0.251 e. The molecule has 1 N–H and O–H groups in total. The number of amides is 1. The molecule has 0 unspecified atom stereocenters. The van der Waals surface area contributed by atoms with Crippen molar-refractivity contribution in [1.29, 1.82) is 0 Å². The first-order chi connectivity index (χ1) is 13.7. The maximum atomic E-state index is 12.6. The molecular formula is C23H25N3O2. The molecule has 0 bridgehead atoms. The van der Waals surface area contributed by atoms with Crippen LogP contribution in [0.15, 0.2) is 66.9 Å². The maximum absolute atomic E-state index is 12.6. The molecule has 2 heterocycles. The normalized spacial score (nSPS) is 14.0. The zero-order valence-electron chi connectivity index (χ0n) is 16.1. The first-order valence-electron chi connectivity index (χ1n) is 9.59. The summed E-state index contributed by atoms with van der Waals surface area (Å²) in [5, 5.41) is 3.00. The Morgan fingerprint density at radius 3 is 2.75 bits per heavy atom. The lowest BCUT2D eigenvalue weighted by atomic mass is 10.1. The van der Waals surface area contributed by atoms with E-state index in [1.54, 1.807) is 0 Å². The molecule has 0 atom stereocenters. The number of nitrogens with one attached hydrogen (secondary N) is 1. The fourth-order valence-electron chi connectivity index (χ4n) is 3.49. The largest absolute Gasteiger partial charge is 0.492 e. The van der Waals surface area contributed by atoms with Gasteiger partial charge in [-0.25, -0.2) is 0 Å². The van der Waals surface area contributed by atoms with E-state index in [2.05, 4.69) is 40.2 Å². The summed E-state index contributed by atoms with van der Waals surface area (Å²) in [4.78, 5) is 15.0. The van der Waals surface area contributed by atoms with Crippen LogP contribution in [-0.2, 0) is 26.7 Å². The predicted octanol–water partition coefficient (Wildman–Crippen LogP) is 3.35. The lowest BCUT2D eigenvalue weighted by Gasteiger charge is -2.19. The lowest BCUT2D eigenvalue weighted by Crippen LogP contribution is -2.26. The molecule has 0 spiro atoms. The molecular weight excluding hydrogens is 350 g/mol. The third-order valence-electron chi connectivity index (χ3n) is 5.11. The average molecular weight is 375 g/mol. The van der Waals surface area contributed by atoms with Crippen LogP contribution in [0.2, 0.25) is 0 Å². The van der Waals surface area contributed by atoms with Gasteiger partial charge in [-0.3, -0.25) is 9.69 Å². The summed E-state index contributed by atoms with van der Waals surface area (Å²) in [6, 6.07) is 19.8. The Labute approximate surface area is 165 Å². The van der Waals surface area contributed by atoms with Crippen LogP contribution in [0.1, 0.15) is 27.2 Å². The quantitative estimate of drug-likeness (QED) is 0.744. The molecule has 0 fully saturated rings. The molecule has 28 heavy (non-hydrogen) atoms. The van der Waals surface area contributed by atoms with Crippen LogP contribution in [0, 0.1) is 0 Å². The monoisotopic (exact) mass is 375 g/mol. The zero-order chi connectivity index (χ0) is 19.3. The highest BCUT2D eigenvalue weighted by Gasteiger charge is 2.18. The van der Waals surface area contributed by atoms with Crippen LogP contribution in [0.25, 0.3) is 0 Å². The smallest absolute Gasteiger partial charge is 0.251 e. The van der Waals surface area contributed by atoms with Crippen molar-refractivity contribution in [1.82, 2.24) is 14.8 Å². The summed E-state index contributed by atoms with van der Waals surface area (Å²) in [5.74, 6) is 0.805. The molecule has 1 aliphatic heterocycles. The molecule has 0 saturated carbocycles. The van der Waals surface area contributed by atoms with Gasteiger partial charge in [0, 0.05) is 56.2 Å². The molecule has 1 aliphatic rings. The Morgan fingerprint density at radius 1 is 1.11 bits per heavy atom. The first-order valence-corrected chi connectivity index (χ1v) is 9.59. The van der Waals surface area contributed by atoms with E-state index >= 15 is 0 Å². The van der Waals surface area contributed by atoms with Crippen LogP contribution >= 0.6 is 0 Å². The fourth-order valence-corrected chi connectivity index (χ4v) is 3.49. The molecule has 4 rings (SSSR count). The van der Waals surface area contributed by atoms with Crippen molar-refractivity contribution in [2.24, 2.45) is 7.05 Å². The minimum atomic E-state index is -0.0649. The summed E-state index contributed by atoms with van der Waals surface area (Å²) < 4.78 is 8.05. The van der Waals surface area contributed by atoms with Crippen LogP contribution in [0.4, 0.5) is 0 Å². The van der Waals surface area contributed by atoms with E-state index in [1.807, 2.05) is 48.5 Å². The number of fused-ring (bicyclic) bond motifs is 1. The standard InChI is InChI=1S/C23H25N3O2/c1-25-11-5-8-21(25)17-26-12-13-28-22-10-9-19(14-20(22)16-26)23(27)24-15-18-6-3-2-4-7-18/h2-11,14H,12-13,15-17H2,1H3,(H,24,27). The van der Waals surface area contributed by atoms with E-state index in [1.165, 1.54) is 5.69 Å². The van der Waals surface area contributed by atoms with E-state index < -0.39 is 0 Å². The number of rotatable bonds is 5. The molecule has 5 nitrogen and oxygen atoms in total. The average Bonchev–Trinajstić information content (AvgIpc) is 3.00. The fraction of sp³-hybridized carbons (Fsp3) is 0.261. The third kappa shape index (κ3) is 4.26. The molecule has 144 valence electrons. The number of aromatic nitrogens is 1. The van der Waals surface area contributed by atoms with Crippen LogP contribution in [-0.4, -0.2) is 28.5 Å². The minimum Gasteiger partial charge on any atom is -0.492 e. The van der Waals surface area contributed by atoms with E-state index in [-0.39, 0.29) is 5.91 Å². The predicted molar refractivity (Wildman–Crippen MR) is 109 cm³/mol. The van der Waals surface area contributed by atoms with Gasteiger partial charge in [0.1, 0.15) is 12.4 Å². The van der Waals surface area contributed by atoms with E-state index in [9.17, 15) is 4.79 Å². The van der Waals surface area contributed by atoms with Crippen molar-refractivity contribution < 1.29 is 9.53 Å². The van der Waals surface area contributed by atoms with Gasteiger partial charge in [-0.2, -0.15) is 0 Å². The molecule has 3 aromatic rings. The summed E-state index contributed by atoms with van der Waals surface area (Å²) in [5.41, 5.74) is 4.07. The van der Waals surface area contributed by atoms with Gasteiger partial charge >= 0.3 is 0 Å². The second-order valence-electron chi connectivity index (χ2n) is 7.16. The molecule has 0 aliphatic carbocycles. The highest BCUT2D eigenvalue weighted by atomic mass is 16.5. The Kier molecular flexibility index (Phi) is 5.44. The summed E-state index contributed by atoms with van der Waals surface area (Å²) in [6.45, 7) is 3.65. The second-order valence-corrected chi connectivity index (χ2v) is 7.16. The molecule has 2 aromatic carbocycles. The van der Waals surface area contributed by atoms with E-state index in [4.69, 9.17) is 4.74 Å². The van der Waals surface area contributed by atoms with E-state index in [0.29, 0.717) is 18.7 Å². The van der Waals surface area contributed by atoms with Gasteiger partial charge in [-0.05, 0) is 35.9 Å². The van der Waals surface area contributed by atoms with Crippen molar-refractivity contribution >= 4 is 5.91 Å². The van der Waals surface area contributed by atoms with Crippen LogP contribution in [0.5, 0.6) is 5.75 Å². The molecule has 0 saturated heterocycles. The van der Waals surface area contributed by atoms with Crippen molar-refractivity contribution in [3.8, 4) is 5.75 Å². The van der Waals surface area contributed by atoms with Crippen molar-refractivity contribution in [2.75, 3.05) is 13.2 Å². The third-order valence-corrected chi connectivity index (χ3v) is 5.11. The number of carbonyl (C=O) groups is 1. The topological polar surface area (TPSA) is 46.5 Å². The zero-order valence-corrected chi connectivity index (χ0v) is 16.1. The Morgan fingerprint density at radius 2 is 1.96 bits per heavy atom. The number of hydrogen-bond acceptors (Lipinski definition) is 3. The molecule has 1 aromatic heterocycles. The molecule has 5 heteroatoms. The van der Waals surface area contributed by atoms with Gasteiger partial charge in [-0.1, -0.05) is 30.3 Å². The Hall–Kier alpha value is -3.05. The van der Waals surface area contributed by atoms with Gasteiger partial charge in [0.25, 0.3) is 5.91 Å². The van der Waals surface area contributed by atoms with Crippen molar-refractivity contribution in [3.63, 3.8) is 0 Å². The number of aryl methyl sites for hydroxylation is 1. The van der Waals surface area contributed by atoms with Crippen LogP contribution in [0.3, 0.4) is 0 Å². The summed E-state index contributed by atoms with van der Waals surface area (Å²) in [7, 11) is 2.06. The van der Waals surface area contributed by atoms with Crippen LogP contribution < -0.4 is 10.1 Å². The molecule has 0 radical (unpaired) electrons. The SMILES string of the molecule is Cn1cccc1CN1CCOc2ccc(C(=O)NCc3ccccc3)cc2C1. The van der Waals surface area contributed by atoms with Gasteiger partial charge in [0.2, 0.25) is 0 Å². The molecule has 1 amide bonds. The number of ether oxygens (including phenoxy) is 1. The van der Waals surface area contributed by atoms with E-state index in [0.717, 1.165) is 36.5 Å². The van der Waals surface area contributed by atoms with Gasteiger partial charge in [-0.15, -0.1) is 0 Å². The lowest BCUT2D eigenvalue weighted by molar-refractivity contribution is 0.0950. The van der Waals surface area contributed by atoms with Crippen molar-refractivity contribution in [2.45, 2.75) is 19.6 Å². The number of hydrogen-bond donors (Lipinski definition) is 1. The number of benzene rings is 2. The Bertz CT molecular complexity index is 949. The summed E-state index contributed by atoms with van der Waals surface area (Å²) >= 11 is 0. The van der Waals surface area contributed by atoms with Crippen molar-refractivity contribution in [3.05, 3.63) is 89.2 Å². The minimum absolute atomic E-state index is 0.0649. The first kappa shape index (κ1) is 18.3. The summed E-state index contributed by atoms with van der Waals surface area (Å²) in [6.07, 6.45) is 2.06. The number of carbonyl (C=O) groups excluding carboxylic acids is 1. The number of nitrogens with zero attached hydrogens (tertiary/aromatic N) is 2. The second kappa shape index (κ2) is 8.31.